The van der Waals surface area contributed by atoms with Crippen LogP contribution in [0.4, 0.5) is 0 Å². The molecule has 126 valence electrons. The van der Waals surface area contributed by atoms with Gasteiger partial charge in [-0.25, -0.2) is 0 Å². The van der Waals surface area contributed by atoms with E-state index < -0.39 is 5.54 Å². The second-order valence-electron chi connectivity index (χ2n) is 7.98. The molecule has 2 atom stereocenters. The lowest BCUT2D eigenvalue weighted by Crippen LogP contribution is -2.46. The highest BCUT2D eigenvalue weighted by molar-refractivity contribution is 5.84. The molecule has 2 saturated carbocycles. The first-order chi connectivity index (χ1) is 10.8. The van der Waals surface area contributed by atoms with Crippen LogP contribution in [0.3, 0.4) is 0 Å². The molecule has 23 heavy (non-hydrogen) atoms. The Morgan fingerprint density at radius 2 is 1.96 bits per heavy atom. The zero-order valence-electron chi connectivity index (χ0n) is 14.8. The highest BCUT2D eigenvalue weighted by Gasteiger charge is 2.61. The monoisotopic (exact) mass is 317 g/mol. The number of hydrogen-bond donors (Lipinski definition) is 1. The predicted molar refractivity (Wildman–Crippen MR) is 87.5 cm³/mol. The van der Waals surface area contributed by atoms with Gasteiger partial charge in [0.15, 0.2) is 5.82 Å². The van der Waals surface area contributed by atoms with Crippen molar-refractivity contribution in [2.75, 3.05) is 0 Å². The lowest BCUT2D eigenvalue weighted by molar-refractivity contribution is -0.125. The van der Waals surface area contributed by atoms with Crippen LogP contribution in [-0.2, 0) is 10.3 Å². The molecular formula is C18H27N3O2. The first-order valence-electron chi connectivity index (χ1n) is 8.54. The molecule has 1 heterocycles. The van der Waals surface area contributed by atoms with Crippen molar-refractivity contribution in [2.24, 2.45) is 17.3 Å². The van der Waals surface area contributed by atoms with E-state index in [4.69, 9.17) is 4.52 Å². The molecule has 0 spiro atoms. The molecule has 5 nitrogen and oxygen atoms in total. The Balaban J connectivity index is 1.80. The molecule has 2 fully saturated rings. The number of nitrogens with one attached hydrogen (secondary N) is 1. The molecule has 1 N–H and O–H groups in total. The highest BCUT2D eigenvalue weighted by Crippen LogP contribution is 2.59. The maximum absolute atomic E-state index is 12.9. The van der Waals surface area contributed by atoms with Crippen LogP contribution < -0.4 is 5.32 Å². The second kappa shape index (κ2) is 5.46. The molecule has 0 radical (unpaired) electrons. The molecule has 2 aliphatic carbocycles. The molecular weight excluding hydrogens is 290 g/mol. The molecule has 2 aliphatic rings. The number of rotatable bonds is 4. The summed E-state index contributed by atoms with van der Waals surface area (Å²) in [5, 5.41) is 7.38. The number of carbonyl (C=O) groups is 1. The lowest BCUT2D eigenvalue weighted by atomic mass is 9.95. The third kappa shape index (κ3) is 2.81. The van der Waals surface area contributed by atoms with Crippen LogP contribution in [0, 0.1) is 24.2 Å². The van der Waals surface area contributed by atoms with E-state index in [1.807, 2.05) is 0 Å². The Morgan fingerprint density at radius 3 is 2.48 bits per heavy atom. The van der Waals surface area contributed by atoms with Crippen molar-refractivity contribution in [1.29, 1.82) is 0 Å². The van der Waals surface area contributed by atoms with Gasteiger partial charge in [0.1, 0.15) is 5.54 Å². The topological polar surface area (TPSA) is 68.0 Å². The van der Waals surface area contributed by atoms with Gasteiger partial charge in [-0.15, -0.1) is 0 Å². The molecule has 1 aromatic heterocycles. The van der Waals surface area contributed by atoms with Crippen molar-refractivity contribution < 1.29 is 9.32 Å². The minimum Gasteiger partial charge on any atom is -0.343 e. The summed E-state index contributed by atoms with van der Waals surface area (Å²) < 4.78 is 5.15. The van der Waals surface area contributed by atoms with Gasteiger partial charge in [-0.1, -0.05) is 43.5 Å². The minimum atomic E-state index is -0.441. The largest absolute Gasteiger partial charge is 0.343 e. The van der Waals surface area contributed by atoms with Gasteiger partial charge in [0.05, 0.1) is 5.92 Å². The fourth-order valence-electron chi connectivity index (χ4n) is 4.04. The Morgan fingerprint density at radius 1 is 1.30 bits per heavy atom. The van der Waals surface area contributed by atoms with Gasteiger partial charge in [-0.3, -0.25) is 4.79 Å². The first kappa shape index (κ1) is 16.2. The first-order valence-corrected chi connectivity index (χ1v) is 8.54. The number of aryl methyl sites for hydroxylation is 1. The van der Waals surface area contributed by atoms with Gasteiger partial charge in [-0.05, 0) is 38.0 Å². The number of carbonyl (C=O) groups excluding carboxylic acids is 1. The third-order valence-corrected chi connectivity index (χ3v) is 5.48. The highest BCUT2D eigenvalue weighted by atomic mass is 16.5. The average Bonchev–Trinajstić information content (AvgIpc) is 2.88. The summed E-state index contributed by atoms with van der Waals surface area (Å²) in [6.45, 7) is 10.3. The summed E-state index contributed by atoms with van der Waals surface area (Å²) in [6, 6.07) is 0. The maximum Gasteiger partial charge on any atom is 0.225 e. The van der Waals surface area contributed by atoms with Crippen LogP contribution in [-0.4, -0.2) is 16.0 Å². The van der Waals surface area contributed by atoms with E-state index in [1.165, 1.54) is 5.57 Å². The normalized spacial score (nSPS) is 27.5. The number of nitrogens with zero attached hydrogens (tertiary/aromatic N) is 2. The molecule has 0 aromatic carbocycles. The van der Waals surface area contributed by atoms with Crippen LogP contribution in [0.15, 0.2) is 16.2 Å². The fourth-order valence-corrected chi connectivity index (χ4v) is 4.04. The second-order valence-corrected chi connectivity index (χ2v) is 7.98. The van der Waals surface area contributed by atoms with Crippen molar-refractivity contribution >= 4 is 5.91 Å². The molecule has 1 amide bonds. The van der Waals surface area contributed by atoms with Gasteiger partial charge in [-0.2, -0.15) is 4.98 Å². The number of allylic oxidation sites excluding steroid dienone is 2. The summed E-state index contributed by atoms with van der Waals surface area (Å²) in [7, 11) is 0. The van der Waals surface area contributed by atoms with Crippen molar-refractivity contribution in [2.45, 2.75) is 65.8 Å². The summed E-state index contributed by atoms with van der Waals surface area (Å²) in [5.74, 6) is 1.66. The molecule has 5 heteroatoms. The van der Waals surface area contributed by atoms with Crippen LogP contribution in [0.5, 0.6) is 0 Å². The van der Waals surface area contributed by atoms with Crippen molar-refractivity contribution in [3.8, 4) is 0 Å². The molecule has 3 rings (SSSR count). The van der Waals surface area contributed by atoms with E-state index in [9.17, 15) is 4.79 Å². The zero-order chi connectivity index (χ0) is 16.8. The number of aromatic nitrogens is 2. The zero-order valence-corrected chi connectivity index (χ0v) is 14.8. The third-order valence-electron chi connectivity index (χ3n) is 5.48. The minimum absolute atomic E-state index is 0.0221. The van der Waals surface area contributed by atoms with Crippen LogP contribution in [0.1, 0.15) is 65.1 Å². The van der Waals surface area contributed by atoms with Gasteiger partial charge < -0.3 is 9.84 Å². The van der Waals surface area contributed by atoms with Gasteiger partial charge in [0, 0.05) is 6.92 Å². The molecule has 0 bridgehead atoms. The van der Waals surface area contributed by atoms with Crippen LogP contribution in [0.25, 0.3) is 0 Å². The Labute approximate surface area is 137 Å². The summed E-state index contributed by atoms with van der Waals surface area (Å²) in [4.78, 5) is 17.3. The van der Waals surface area contributed by atoms with Gasteiger partial charge in [0.25, 0.3) is 0 Å². The van der Waals surface area contributed by atoms with E-state index in [2.05, 4.69) is 49.2 Å². The maximum atomic E-state index is 12.9. The summed E-state index contributed by atoms with van der Waals surface area (Å²) in [6.07, 6.45) is 6.17. The summed E-state index contributed by atoms with van der Waals surface area (Å²) >= 11 is 0. The molecule has 0 saturated heterocycles. The van der Waals surface area contributed by atoms with Crippen LogP contribution in [0.2, 0.25) is 0 Å². The van der Waals surface area contributed by atoms with E-state index in [1.54, 1.807) is 6.92 Å². The van der Waals surface area contributed by atoms with E-state index in [0.717, 1.165) is 25.7 Å². The number of hydrogen-bond acceptors (Lipinski definition) is 4. The SMILES string of the molecule is CC(C)=CC1C(C(=O)NC2(c3noc(C)n3)CCCC2)C1(C)C. The van der Waals surface area contributed by atoms with E-state index >= 15 is 0 Å². The Kier molecular flexibility index (Phi) is 3.85. The summed E-state index contributed by atoms with van der Waals surface area (Å²) in [5.41, 5.74) is 0.847. The molecule has 1 aromatic rings. The fraction of sp³-hybridized carbons (Fsp3) is 0.722. The van der Waals surface area contributed by atoms with E-state index in [-0.39, 0.29) is 17.2 Å². The standard InChI is InChI=1S/C18H27N3O2/c1-11(2)10-13-14(17(13,4)5)15(22)20-18(8-6-7-9-18)16-19-12(3)23-21-16/h10,13-14H,6-9H2,1-5H3,(H,20,22). The predicted octanol–water partition coefficient (Wildman–Crippen LogP) is 3.50. The van der Waals surface area contributed by atoms with Crippen molar-refractivity contribution in [3.05, 3.63) is 23.4 Å². The Bertz CT molecular complexity index is 634. The van der Waals surface area contributed by atoms with Gasteiger partial charge >= 0.3 is 0 Å². The van der Waals surface area contributed by atoms with Crippen molar-refractivity contribution in [1.82, 2.24) is 15.5 Å². The van der Waals surface area contributed by atoms with Crippen molar-refractivity contribution in [3.63, 3.8) is 0 Å². The lowest BCUT2D eigenvalue weighted by Gasteiger charge is -2.27. The van der Waals surface area contributed by atoms with Crippen LogP contribution >= 0.6 is 0 Å². The molecule has 2 unspecified atom stereocenters. The quantitative estimate of drug-likeness (QED) is 0.863. The van der Waals surface area contributed by atoms with E-state index in [0.29, 0.717) is 17.6 Å². The Hall–Kier alpha value is -1.65. The number of amides is 1. The molecule has 0 aliphatic heterocycles. The average molecular weight is 317 g/mol. The van der Waals surface area contributed by atoms with Gasteiger partial charge in [0.2, 0.25) is 11.8 Å². The smallest absolute Gasteiger partial charge is 0.225 e.